The molecule has 0 saturated carbocycles. The molecule has 3 saturated heterocycles. The number of hydrogen-bond donors (Lipinski definition) is 5. The molecule has 3 aliphatic heterocycles. The molecule has 1 aromatic rings. The van der Waals surface area contributed by atoms with E-state index in [1.54, 1.807) is 39.5 Å². The molecule has 0 aromatic heterocycles. The van der Waals surface area contributed by atoms with Crippen LogP contribution >= 0.6 is 7.26 Å². The number of nitrogens with zero attached hydrogens (tertiary/aromatic N) is 2. The molecule has 5 N–H and O–H groups in total. The summed E-state index contributed by atoms with van der Waals surface area (Å²) in [6.45, 7) is 22.7. The number of ether oxygens (including phenoxy) is 5. The Morgan fingerprint density at radius 1 is 0.847 bits per heavy atom. The second-order valence-electron chi connectivity index (χ2n) is 24.0. The van der Waals surface area contributed by atoms with Crippen LogP contribution in [0.5, 0.6) is 0 Å². The van der Waals surface area contributed by atoms with Crippen LogP contribution in [0.15, 0.2) is 30.3 Å². The Kier molecular flexibility index (Phi) is 23.9. The molecular weight excluding hydrogens is 936 g/mol. The van der Waals surface area contributed by atoms with E-state index in [4.69, 9.17) is 23.7 Å². The fraction of sp³-hybridized carbons (Fsp3) is 0.860. The second-order valence-corrected chi connectivity index (χ2v) is 28.4. The van der Waals surface area contributed by atoms with Crippen molar-refractivity contribution in [1.29, 1.82) is 0 Å². The Labute approximate surface area is 435 Å². The van der Waals surface area contributed by atoms with Gasteiger partial charge in [0.25, 0.3) is 0 Å². The van der Waals surface area contributed by atoms with Gasteiger partial charge in [0, 0.05) is 45.7 Å². The van der Waals surface area contributed by atoms with Crippen LogP contribution in [0.3, 0.4) is 0 Å². The first-order chi connectivity index (χ1) is 33.6. The Balaban J connectivity index is 1.58. The summed E-state index contributed by atoms with van der Waals surface area (Å²) in [4.78, 5) is 32.8. The Hall–Kier alpha value is -1.81. The molecule has 1 unspecified atom stereocenters. The molecule has 14 nitrogen and oxygen atoms in total. The number of likely N-dealkylation sites (N-methyl/N-ethyl adjacent to an activating group) is 1. The largest absolute Gasteiger partial charge is 0.459 e. The van der Waals surface area contributed by atoms with Gasteiger partial charge in [-0.15, -0.1) is 0 Å². The first-order valence-corrected chi connectivity index (χ1v) is 30.6. The SMILES string of the molecule is CC[C@H]1OC(=O)[C@H](C)[C@@H](C2C[C@@](C)(OC)[C@@H](O)[C@H](C)O2)[C@H](C)[C@@H](O[C@@H]2O[C@H](C)C[C@H](N(C)C)[C@H]2O)[C@](C)(O)C[C@@H](C)CN(C(=O)CCCCCCCCCCC[P+](C)(C)c2ccccc2)[C@H](C)[C@@H](O)[C@]1(C)O. The van der Waals surface area contributed by atoms with E-state index in [2.05, 4.69) is 43.7 Å². The quantitative estimate of drug-likeness (QED) is 0.0519. The van der Waals surface area contributed by atoms with Gasteiger partial charge in [-0.05, 0) is 118 Å². The summed E-state index contributed by atoms with van der Waals surface area (Å²) in [6, 6.07) is 9.73. The third kappa shape index (κ3) is 16.1. The Morgan fingerprint density at radius 2 is 1.43 bits per heavy atom. The molecule has 72 heavy (non-hydrogen) atoms. The molecule has 15 heteroatoms. The lowest BCUT2D eigenvalue weighted by molar-refractivity contribution is -0.302. The van der Waals surface area contributed by atoms with Crippen molar-refractivity contribution in [2.75, 3.05) is 47.2 Å². The highest BCUT2D eigenvalue weighted by Gasteiger charge is 2.55. The van der Waals surface area contributed by atoms with E-state index >= 15 is 0 Å². The topological polar surface area (TPSA) is 188 Å². The number of carbonyl (C=O) groups excluding carboxylic acids is 2. The second kappa shape index (κ2) is 27.5. The minimum atomic E-state index is -1.97. The zero-order chi connectivity index (χ0) is 53.9. The summed E-state index contributed by atoms with van der Waals surface area (Å²) in [6.07, 6.45) is 3.76. The van der Waals surface area contributed by atoms with Crippen molar-refractivity contribution in [3.63, 3.8) is 0 Å². The average Bonchev–Trinajstić information content (AvgIpc) is 3.32. The number of aliphatic hydroxyl groups is 5. The molecule has 0 radical (unpaired) electrons. The van der Waals surface area contributed by atoms with Crippen LogP contribution in [0, 0.1) is 23.7 Å². The standard InChI is InChI=1S/C57H102N2O12P/c1-16-46-57(10,66)50(62)41(6)59(47(60)31-27-22-20-18-17-19-21-23-28-32-72(14,15)43-29-25-24-26-30-43)36-37(2)34-55(8,65)52(71-54-49(61)44(58(11)12)33-38(3)68-54)39(4)48(40(5)53(64)70-46)45-35-56(9,67-13)51(63)42(7)69-45/h24-26,29-30,37-42,44-46,48-52,54,61-63,65-66H,16-23,27-28,31-36H2,1-15H3/q+1/t37-,38-,39+,40-,41-,42+,44+,45?,46-,48+,49-,50-,51+,52-,54+,55-,56-,57-/m1/s1. The van der Waals surface area contributed by atoms with Crippen molar-refractivity contribution < 1.29 is 58.8 Å². The number of esters is 1. The molecule has 3 heterocycles. The molecule has 1 amide bonds. The zero-order valence-corrected chi connectivity index (χ0v) is 48.2. The van der Waals surface area contributed by atoms with Gasteiger partial charge in [0.05, 0.1) is 72.4 Å². The van der Waals surface area contributed by atoms with Crippen LogP contribution < -0.4 is 5.30 Å². The van der Waals surface area contributed by atoms with Crippen LogP contribution in [0.25, 0.3) is 0 Å². The van der Waals surface area contributed by atoms with Crippen molar-refractivity contribution in [3.05, 3.63) is 30.3 Å². The number of benzene rings is 1. The smallest absolute Gasteiger partial charge is 0.309 e. The predicted molar refractivity (Wildman–Crippen MR) is 288 cm³/mol. The number of amides is 1. The van der Waals surface area contributed by atoms with Crippen LogP contribution in [0.2, 0.25) is 0 Å². The number of unbranched alkanes of at least 4 members (excludes halogenated alkanes) is 8. The van der Waals surface area contributed by atoms with E-state index in [9.17, 15) is 35.1 Å². The Bertz CT molecular complexity index is 1790. The summed E-state index contributed by atoms with van der Waals surface area (Å²) in [5.74, 6) is -3.56. The van der Waals surface area contributed by atoms with Gasteiger partial charge in [-0.1, -0.05) is 84.4 Å². The lowest BCUT2D eigenvalue weighted by Gasteiger charge is -2.51. The predicted octanol–water partition coefficient (Wildman–Crippen LogP) is 7.57. The van der Waals surface area contributed by atoms with Crippen molar-refractivity contribution in [2.24, 2.45) is 23.7 Å². The van der Waals surface area contributed by atoms with E-state index in [1.807, 2.05) is 46.7 Å². The maximum Gasteiger partial charge on any atom is 0.309 e. The number of methoxy groups -OCH3 is 1. The summed E-state index contributed by atoms with van der Waals surface area (Å²) >= 11 is 0. The normalized spacial score (nSPS) is 39.0. The van der Waals surface area contributed by atoms with Gasteiger partial charge in [0.15, 0.2) is 6.29 Å². The Morgan fingerprint density at radius 3 is 2.00 bits per heavy atom. The highest BCUT2D eigenvalue weighted by atomic mass is 31.2. The first kappa shape index (κ1) is 62.7. The summed E-state index contributed by atoms with van der Waals surface area (Å²) < 4.78 is 32.0. The van der Waals surface area contributed by atoms with Gasteiger partial charge >= 0.3 is 5.97 Å². The zero-order valence-electron chi connectivity index (χ0n) is 47.3. The van der Waals surface area contributed by atoms with Crippen molar-refractivity contribution in [3.8, 4) is 0 Å². The lowest BCUT2D eigenvalue weighted by atomic mass is 9.68. The van der Waals surface area contributed by atoms with Crippen LogP contribution in [-0.2, 0) is 33.3 Å². The molecule has 1 aromatic carbocycles. The third-order valence-electron chi connectivity index (χ3n) is 17.1. The molecule has 0 spiro atoms. The average molecular weight is 1040 g/mol. The van der Waals surface area contributed by atoms with Crippen LogP contribution in [0.1, 0.15) is 159 Å². The summed E-state index contributed by atoms with van der Waals surface area (Å²) in [5, 5.41) is 62.0. The molecule has 3 aliphatic rings. The van der Waals surface area contributed by atoms with Gasteiger partial charge in [-0.3, -0.25) is 9.59 Å². The number of rotatable bonds is 19. The number of hydrogen-bond acceptors (Lipinski definition) is 13. The number of cyclic esters (lactones) is 1. The molecular formula is C57H102N2O12P+. The van der Waals surface area contributed by atoms with Gasteiger partial charge in [-0.2, -0.15) is 0 Å². The van der Waals surface area contributed by atoms with E-state index in [0.717, 1.165) is 19.3 Å². The van der Waals surface area contributed by atoms with Crippen molar-refractivity contribution >= 4 is 24.4 Å². The van der Waals surface area contributed by atoms with Gasteiger partial charge in [0.1, 0.15) is 30.0 Å². The monoisotopic (exact) mass is 1040 g/mol. The van der Waals surface area contributed by atoms with Gasteiger partial charge in [0.2, 0.25) is 5.91 Å². The fourth-order valence-corrected chi connectivity index (χ4v) is 14.8. The van der Waals surface area contributed by atoms with E-state index < -0.39 is 103 Å². The molecule has 4 rings (SSSR count). The van der Waals surface area contributed by atoms with Crippen LogP contribution in [-0.4, -0.2) is 178 Å². The summed E-state index contributed by atoms with van der Waals surface area (Å²) in [7, 11) is 4.23. The van der Waals surface area contributed by atoms with E-state index in [0.29, 0.717) is 12.8 Å². The highest BCUT2D eigenvalue weighted by Crippen LogP contribution is 2.50. The molecule has 0 aliphatic carbocycles. The lowest BCUT2D eigenvalue weighted by Crippen LogP contribution is -2.61. The van der Waals surface area contributed by atoms with Gasteiger partial charge < -0.3 is 59.0 Å². The van der Waals surface area contributed by atoms with E-state index in [-0.39, 0.29) is 56.2 Å². The van der Waals surface area contributed by atoms with Gasteiger partial charge in [-0.25, -0.2) is 0 Å². The molecule has 3 fully saturated rings. The maximum absolute atomic E-state index is 14.7. The third-order valence-corrected chi connectivity index (χ3v) is 20.3. The highest BCUT2D eigenvalue weighted by molar-refractivity contribution is 7.81. The number of carbonyl (C=O) groups is 2. The maximum atomic E-state index is 14.7. The van der Waals surface area contributed by atoms with E-state index in [1.165, 1.54) is 57.6 Å². The van der Waals surface area contributed by atoms with Crippen molar-refractivity contribution in [1.82, 2.24) is 9.80 Å². The molecule has 416 valence electrons. The summed E-state index contributed by atoms with van der Waals surface area (Å²) in [5.41, 5.74) is -4.68. The van der Waals surface area contributed by atoms with Crippen molar-refractivity contribution in [2.45, 2.75) is 243 Å². The first-order valence-electron chi connectivity index (χ1n) is 27.7. The molecule has 0 bridgehead atoms. The molecule has 18 atom stereocenters. The van der Waals surface area contributed by atoms with Crippen LogP contribution in [0.4, 0.5) is 0 Å². The fourth-order valence-electron chi connectivity index (χ4n) is 12.5. The minimum absolute atomic E-state index is 0.117. The number of aliphatic hydroxyl groups excluding tert-OH is 3. The minimum Gasteiger partial charge on any atom is -0.459 e.